The quantitative estimate of drug-likeness (QED) is 0.561. The summed E-state index contributed by atoms with van der Waals surface area (Å²) in [4.78, 5) is 37.2. The molecule has 2 bridgehead atoms. The average molecular weight is 298 g/mol. The van der Waals surface area contributed by atoms with Crippen LogP contribution in [-0.2, 0) is 14.3 Å². The molecule has 0 aliphatic carbocycles. The summed E-state index contributed by atoms with van der Waals surface area (Å²) in [7, 11) is 0. The van der Waals surface area contributed by atoms with E-state index in [4.69, 9.17) is 4.74 Å². The van der Waals surface area contributed by atoms with E-state index < -0.39 is 23.4 Å². The number of nitrogens with zero attached hydrogens (tertiary/aromatic N) is 1. The Balaban J connectivity index is 1.71. The second-order valence-electron chi connectivity index (χ2n) is 5.98. The summed E-state index contributed by atoms with van der Waals surface area (Å²) in [6.07, 6.45) is 3.31. The highest BCUT2D eigenvalue weighted by molar-refractivity contribution is 6.23. The fraction of sp³-hybridized carbons (Fsp3) is 0.312. The third-order valence-electron chi connectivity index (χ3n) is 4.69. The van der Waals surface area contributed by atoms with E-state index in [1.54, 1.807) is 0 Å². The summed E-state index contributed by atoms with van der Waals surface area (Å²) >= 11 is 0. The van der Waals surface area contributed by atoms with Crippen molar-refractivity contribution in [2.75, 3.05) is 4.90 Å². The molecule has 2 saturated heterocycles. The summed E-state index contributed by atoms with van der Waals surface area (Å²) in [6, 6.07) is 5.54. The first kappa shape index (κ1) is 13.2. The number of fused-ring (bicyclic) bond motifs is 5. The van der Waals surface area contributed by atoms with Crippen LogP contribution >= 0.6 is 0 Å². The van der Waals surface area contributed by atoms with Gasteiger partial charge in [0.1, 0.15) is 0 Å². The van der Waals surface area contributed by atoms with Crippen molar-refractivity contribution >= 4 is 23.5 Å². The van der Waals surface area contributed by atoms with Crippen LogP contribution in [0.25, 0.3) is 0 Å². The molecule has 22 heavy (non-hydrogen) atoms. The molecule has 0 saturated carbocycles. The molecule has 2 amide bonds. The molecule has 0 N–H and O–H groups in total. The molecule has 0 spiro atoms. The second kappa shape index (κ2) is 4.04. The highest BCUT2D eigenvalue weighted by Crippen LogP contribution is 2.52. The number of amides is 2. The molecular weight excluding hydrogens is 286 g/mol. The third-order valence-corrected chi connectivity index (χ3v) is 4.69. The largest absolute Gasteiger partial charge is 0.545 e. The van der Waals surface area contributed by atoms with Gasteiger partial charge < -0.3 is 14.6 Å². The summed E-state index contributed by atoms with van der Waals surface area (Å²) in [5, 5.41) is 10.8. The molecule has 3 aliphatic heterocycles. The Labute approximate surface area is 126 Å². The average Bonchev–Trinajstić information content (AvgIpc) is 3.08. The van der Waals surface area contributed by atoms with Crippen LogP contribution in [0.5, 0.6) is 0 Å². The van der Waals surface area contributed by atoms with E-state index in [1.165, 1.54) is 24.3 Å². The van der Waals surface area contributed by atoms with E-state index in [9.17, 15) is 19.5 Å². The fourth-order valence-electron chi connectivity index (χ4n) is 3.65. The van der Waals surface area contributed by atoms with Crippen molar-refractivity contribution in [3.05, 3.63) is 42.0 Å². The standard InChI is InChI=1S/C16H13NO5/c1-16-7-6-10(22-16)11-12(16)14(19)17(13(11)18)9-4-2-8(3-5-9)15(20)21/h2-7,10-12H,1H3,(H,20,21)/p-1/t10-,11+,12+,16+/m0/s1. The van der Waals surface area contributed by atoms with E-state index in [-0.39, 0.29) is 23.5 Å². The van der Waals surface area contributed by atoms with E-state index in [2.05, 4.69) is 0 Å². The van der Waals surface area contributed by atoms with Gasteiger partial charge in [-0.05, 0) is 24.6 Å². The van der Waals surface area contributed by atoms with Crippen molar-refractivity contribution in [1.29, 1.82) is 0 Å². The SMILES string of the molecule is C[C@]12C=C[C@H](O1)[C@H]1C(=O)N(c3ccc(C(=O)[O-])cc3)C(=O)[C@@H]12. The molecule has 0 aromatic heterocycles. The number of hydrogen-bond acceptors (Lipinski definition) is 5. The summed E-state index contributed by atoms with van der Waals surface area (Å²) in [5.41, 5.74) is -0.362. The van der Waals surface area contributed by atoms with Crippen LogP contribution in [0.2, 0.25) is 0 Å². The maximum absolute atomic E-state index is 12.7. The molecule has 3 aliphatic rings. The first-order valence-electron chi connectivity index (χ1n) is 6.99. The molecule has 1 aromatic rings. The monoisotopic (exact) mass is 298 g/mol. The van der Waals surface area contributed by atoms with Crippen LogP contribution in [0.1, 0.15) is 17.3 Å². The fourth-order valence-corrected chi connectivity index (χ4v) is 3.65. The van der Waals surface area contributed by atoms with E-state index >= 15 is 0 Å². The van der Waals surface area contributed by atoms with Crippen LogP contribution < -0.4 is 10.0 Å². The van der Waals surface area contributed by atoms with E-state index in [0.717, 1.165) is 4.90 Å². The van der Waals surface area contributed by atoms with Crippen LogP contribution in [0.15, 0.2) is 36.4 Å². The van der Waals surface area contributed by atoms with Gasteiger partial charge in [0.25, 0.3) is 0 Å². The Kier molecular flexibility index (Phi) is 2.43. The number of benzene rings is 1. The first-order chi connectivity index (χ1) is 10.4. The highest BCUT2D eigenvalue weighted by Gasteiger charge is 2.65. The predicted octanol–water partition coefficient (Wildman–Crippen LogP) is -0.117. The number of carboxylic acids is 1. The van der Waals surface area contributed by atoms with E-state index in [0.29, 0.717) is 5.69 Å². The van der Waals surface area contributed by atoms with Gasteiger partial charge in [-0.1, -0.05) is 24.3 Å². The molecular formula is C16H12NO5-. The maximum Gasteiger partial charge on any atom is 0.241 e. The zero-order chi connectivity index (χ0) is 15.6. The number of hydrogen-bond donors (Lipinski definition) is 0. The van der Waals surface area contributed by atoms with Crippen LogP contribution in [0.4, 0.5) is 5.69 Å². The molecule has 3 heterocycles. The van der Waals surface area contributed by atoms with Crippen LogP contribution in [-0.4, -0.2) is 29.5 Å². The summed E-state index contributed by atoms with van der Waals surface area (Å²) in [5.74, 6) is -2.91. The minimum atomic E-state index is -1.30. The van der Waals surface area contributed by atoms with Gasteiger partial charge in [0, 0.05) is 0 Å². The van der Waals surface area contributed by atoms with Crippen LogP contribution in [0, 0.1) is 11.8 Å². The van der Waals surface area contributed by atoms with Crippen molar-refractivity contribution in [2.45, 2.75) is 18.6 Å². The van der Waals surface area contributed by atoms with Gasteiger partial charge >= 0.3 is 0 Å². The molecule has 0 unspecified atom stereocenters. The van der Waals surface area contributed by atoms with Gasteiger partial charge in [0.05, 0.1) is 35.2 Å². The van der Waals surface area contributed by atoms with Crippen LogP contribution in [0.3, 0.4) is 0 Å². The summed E-state index contributed by atoms with van der Waals surface area (Å²) in [6.45, 7) is 1.81. The molecule has 2 fully saturated rings. The van der Waals surface area contributed by atoms with Gasteiger partial charge in [-0.25, -0.2) is 4.90 Å². The molecule has 112 valence electrons. The molecule has 6 heteroatoms. The number of rotatable bonds is 2. The normalized spacial score (nSPS) is 35.3. The lowest BCUT2D eigenvalue weighted by molar-refractivity contribution is -0.255. The van der Waals surface area contributed by atoms with Crippen molar-refractivity contribution < 1.29 is 24.2 Å². The van der Waals surface area contributed by atoms with Gasteiger partial charge in [0.2, 0.25) is 11.8 Å². The first-order valence-corrected chi connectivity index (χ1v) is 6.99. The third kappa shape index (κ3) is 1.50. The number of carboxylic acid groups (broad SMARTS) is 1. The van der Waals surface area contributed by atoms with Gasteiger partial charge in [-0.3, -0.25) is 9.59 Å². The molecule has 4 atom stereocenters. The smallest absolute Gasteiger partial charge is 0.241 e. The number of carbonyl (C=O) groups excluding carboxylic acids is 3. The Bertz CT molecular complexity index is 737. The predicted molar refractivity (Wildman–Crippen MR) is 72.7 cm³/mol. The zero-order valence-electron chi connectivity index (χ0n) is 11.7. The Morgan fingerprint density at radius 3 is 2.50 bits per heavy atom. The Morgan fingerprint density at radius 2 is 1.91 bits per heavy atom. The number of anilines is 1. The second-order valence-corrected chi connectivity index (χ2v) is 5.98. The lowest BCUT2D eigenvalue weighted by Gasteiger charge is -2.24. The Morgan fingerprint density at radius 1 is 1.23 bits per heavy atom. The minimum absolute atomic E-state index is 0.0000651. The summed E-state index contributed by atoms with van der Waals surface area (Å²) < 4.78 is 5.74. The van der Waals surface area contributed by atoms with Crippen molar-refractivity contribution in [3.63, 3.8) is 0 Å². The molecule has 0 radical (unpaired) electrons. The van der Waals surface area contributed by atoms with Crippen molar-refractivity contribution in [3.8, 4) is 0 Å². The maximum atomic E-state index is 12.7. The Hall–Kier alpha value is -2.47. The molecule has 1 aromatic carbocycles. The molecule has 6 nitrogen and oxygen atoms in total. The topological polar surface area (TPSA) is 86.7 Å². The van der Waals surface area contributed by atoms with E-state index in [1.807, 2.05) is 19.1 Å². The molecule has 4 rings (SSSR count). The van der Waals surface area contributed by atoms with Crippen molar-refractivity contribution in [2.24, 2.45) is 11.8 Å². The lowest BCUT2D eigenvalue weighted by atomic mass is 9.78. The highest BCUT2D eigenvalue weighted by atomic mass is 16.5. The number of aromatic carboxylic acids is 1. The van der Waals surface area contributed by atoms with Gasteiger partial charge in [0.15, 0.2) is 0 Å². The number of carbonyl (C=O) groups is 3. The van der Waals surface area contributed by atoms with Gasteiger partial charge in [-0.2, -0.15) is 0 Å². The number of ether oxygens (including phenoxy) is 1. The minimum Gasteiger partial charge on any atom is -0.545 e. The lowest BCUT2D eigenvalue weighted by Crippen LogP contribution is -2.38. The van der Waals surface area contributed by atoms with Crippen molar-refractivity contribution in [1.82, 2.24) is 0 Å². The zero-order valence-corrected chi connectivity index (χ0v) is 11.7. The van der Waals surface area contributed by atoms with Gasteiger partial charge in [-0.15, -0.1) is 0 Å². The number of imide groups is 1.